The third kappa shape index (κ3) is 6.69. The van der Waals surface area contributed by atoms with Gasteiger partial charge in [0.2, 0.25) is 0 Å². The van der Waals surface area contributed by atoms with Gasteiger partial charge in [0.05, 0.1) is 11.4 Å². The second-order valence-corrected chi connectivity index (χ2v) is 8.03. The monoisotopic (exact) mass is 435 g/mol. The van der Waals surface area contributed by atoms with Crippen LogP contribution in [0.3, 0.4) is 0 Å². The number of amidine groups is 1. The van der Waals surface area contributed by atoms with E-state index in [1.165, 1.54) is 11.1 Å². The molecule has 2 aromatic rings. The topological polar surface area (TPSA) is 100 Å². The van der Waals surface area contributed by atoms with Gasteiger partial charge in [0.1, 0.15) is 11.6 Å². The predicted octanol–water partition coefficient (Wildman–Crippen LogP) is 4.55. The average Bonchev–Trinajstić information content (AvgIpc) is 2.80. The zero-order chi connectivity index (χ0) is 23.7. The van der Waals surface area contributed by atoms with E-state index in [4.69, 9.17) is 16.6 Å². The minimum atomic E-state index is -0.0621. The van der Waals surface area contributed by atoms with E-state index in [-0.39, 0.29) is 17.3 Å². The van der Waals surface area contributed by atoms with Gasteiger partial charge in [-0.25, -0.2) is 0 Å². The molecule has 1 fully saturated rings. The van der Waals surface area contributed by atoms with Gasteiger partial charge < -0.3 is 21.1 Å². The second-order valence-electron chi connectivity index (χ2n) is 8.03. The SMILES string of the molecule is CC.CC(C)c1ccc(CN2CCN(/C(=C/C(=N)c3ccccc3O)C(=N)N)CC2)cc1. The Labute approximate surface area is 192 Å². The van der Waals surface area contributed by atoms with E-state index in [0.717, 1.165) is 32.7 Å². The highest BCUT2D eigenvalue weighted by Crippen LogP contribution is 2.20. The van der Waals surface area contributed by atoms with E-state index in [9.17, 15) is 5.11 Å². The van der Waals surface area contributed by atoms with Crippen LogP contribution in [0.4, 0.5) is 0 Å². The number of aromatic hydroxyl groups is 1. The van der Waals surface area contributed by atoms with Gasteiger partial charge in [-0.15, -0.1) is 0 Å². The average molecular weight is 436 g/mol. The third-order valence-electron chi connectivity index (χ3n) is 5.52. The van der Waals surface area contributed by atoms with Crippen molar-refractivity contribution in [2.75, 3.05) is 26.2 Å². The molecule has 0 radical (unpaired) electrons. The maximum absolute atomic E-state index is 9.99. The Balaban J connectivity index is 0.00000176. The Morgan fingerprint density at radius 3 is 2.12 bits per heavy atom. The predicted molar refractivity (Wildman–Crippen MR) is 134 cm³/mol. The molecule has 0 spiro atoms. The van der Waals surface area contributed by atoms with Crippen molar-refractivity contribution in [3.63, 3.8) is 0 Å². The van der Waals surface area contributed by atoms with E-state index in [2.05, 4.69) is 47.9 Å². The molecule has 2 aromatic carbocycles. The highest BCUT2D eigenvalue weighted by molar-refractivity contribution is 6.12. The summed E-state index contributed by atoms with van der Waals surface area (Å²) < 4.78 is 0. The van der Waals surface area contributed by atoms with Crippen molar-refractivity contribution in [3.05, 3.63) is 77.0 Å². The lowest BCUT2D eigenvalue weighted by molar-refractivity contribution is 0.157. The fraction of sp³-hybridized carbons (Fsp3) is 0.385. The Bertz CT molecular complexity index is 925. The van der Waals surface area contributed by atoms with Crippen LogP contribution >= 0.6 is 0 Å². The highest BCUT2D eigenvalue weighted by Gasteiger charge is 2.21. The summed E-state index contributed by atoms with van der Waals surface area (Å²) in [7, 11) is 0. The summed E-state index contributed by atoms with van der Waals surface area (Å²) in [5, 5.41) is 26.3. The van der Waals surface area contributed by atoms with Crippen molar-refractivity contribution < 1.29 is 5.11 Å². The first-order valence-corrected chi connectivity index (χ1v) is 11.3. The molecule has 0 bridgehead atoms. The molecule has 1 aliphatic rings. The summed E-state index contributed by atoms with van der Waals surface area (Å²) in [6.07, 6.45) is 1.58. The summed E-state index contributed by atoms with van der Waals surface area (Å²) in [5.41, 5.74) is 9.59. The molecule has 0 saturated carbocycles. The van der Waals surface area contributed by atoms with Gasteiger partial charge in [-0.05, 0) is 35.3 Å². The van der Waals surface area contributed by atoms with Crippen LogP contribution in [-0.4, -0.2) is 52.6 Å². The van der Waals surface area contributed by atoms with Crippen LogP contribution < -0.4 is 5.73 Å². The number of para-hydroxylation sites is 1. The number of piperazine rings is 1. The van der Waals surface area contributed by atoms with Crippen molar-refractivity contribution in [3.8, 4) is 5.75 Å². The highest BCUT2D eigenvalue weighted by atomic mass is 16.3. The van der Waals surface area contributed by atoms with Gasteiger partial charge in [0, 0.05) is 38.3 Å². The van der Waals surface area contributed by atoms with Crippen LogP contribution in [-0.2, 0) is 6.54 Å². The van der Waals surface area contributed by atoms with Crippen molar-refractivity contribution >= 4 is 11.5 Å². The Kier molecular flexibility index (Phi) is 9.47. The standard InChI is InChI=1S/C24H31N5O.C2H6/c1-17(2)19-9-7-18(8-10-19)16-28-11-13-29(14-12-28)22(24(26)27)15-21(25)20-5-3-4-6-23(20)30;1-2/h3-10,15,17,25,30H,11-14,16H2,1-2H3,(H3,26,27);1-2H3/b22-15+,25-21?;. The molecule has 5 N–H and O–H groups in total. The number of nitrogens with one attached hydrogen (secondary N) is 2. The number of hydrogen-bond donors (Lipinski definition) is 4. The Morgan fingerprint density at radius 1 is 1.00 bits per heavy atom. The first-order chi connectivity index (χ1) is 15.3. The molecule has 3 rings (SSSR count). The Hall–Kier alpha value is -3.12. The molecule has 1 heterocycles. The van der Waals surface area contributed by atoms with Crippen molar-refractivity contribution in [1.82, 2.24) is 9.80 Å². The minimum absolute atomic E-state index is 0.0509. The molecule has 32 heavy (non-hydrogen) atoms. The summed E-state index contributed by atoms with van der Waals surface area (Å²) in [5.74, 6) is 0.527. The fourth-order valence-corrected chi connectivity index (χ4v) is 3.67. The van der Waals surface area contributed by atoms with Gasteiger partial charge in [-0.3, -0.25) is 10.3 Å². The lowest BCUT2D eigenvalue weighted by Gasteiger charge is -2.37. The molecule has 1 saturated heterocycles. The normalized spacial score (nSPS) is 14.7. The van der Waals surface area contributed by atoms with Gasteiger partial charge in [0.25, 0.3) is 0 Å². The van der Waals surface area contributed by atoms with E-state index >= 15 is 0 Å². The molecule has 6 nitrogen and oxygen atoms in total. The summed E-state index contributed by atoms with van der Waals surface area (Å²) >= 11 is 0. The smallest absolute Gasteiger partial charge is 0.139 e. The second kappa shape index (κ2) is 12.1. The molecule has 6 heteroatoms. The van der Waals surface area contributed by atoms with Crippen LogP contribution in [0.5, 0.6) is 5.75 Å². The molecule has 0 atom stereocenters. The number of hydrogen-bond acceptors (Lipinski definition) is 5. The number of nitrogens with zero attached hydrogens (tertiary/aromatic N) is 2. The van der Waals surface area contributed by atoms with Crippen molar-refractivity contribution in [1.29, 1.82) is 10.8 Å². The lowest BCUT2D eigenvalue weighted by atomic mass is 10.0. The van der Waals surface area contributed by atoms with Gasteiger partial charge in [0.15, 0.2) is 0 Å². The molecule has 1 aliphatic heterocycles. The molecule has 0 amide bonds. The quantitative estimate of drug-likeness (QED) is 0.379. The maximum atomic E-state index is 9.99. The lowest BCUT2D eigenvalue weighted by Crippen LogP contribution is -2.47. The molecule has 0 unspecified atom stereocenters. The summed E-state index contributed by atoms with van der Waals surface area (Å²) in [6.45, 7) is 12.5. The zero-order valence-corrected chi connectivity index (χ0v) is 19.7. The molecule has 172 valence electrons. The third-order valence-corrected chi connectivity index (χ3v) is 5.52. The van der Waals surface area contributed by atoms with Gasteiger partial charge >= 0.3 is 0 Å². The van der Waals surface area contributed by atoms with Crippen molar-refractivity contribution in [2.45, 2.75) is 40.2 Å². The number of phenolic OH excluding ortho intramolecular Hbond substituents is 1. The minimum Gasteiger partial charge on any atom is -0.507 e. The maximum Gasteiger partial charge on any atom is 0.139 e. The van der Waals surface area contributed by atoms with Crippen LogP contribution in [0.25, 0.3) is 0 Å². The van der Waals surface area contributed by atoms with E-state index in [1.54, 1.807) is 30.3 Å². The number of benzene rings is 2. The fourth-order valence-electron chi connectivity index (χ4n) is 3.67. The largest absolute Gasteiger partial charge is 0.507 e. The van der Waals surface area contributed by atoms with E-state index in [0.29, 0.717) is 17.2 Å². The van der Waals surface area contributed by atoms with Crippen LogP contribution in [0, 0.1) is 10.8 Å². The number of phenols is 1. The van der Waals surface area contributed by atoms with E-state index in [1.807, 2.05) is 13.8 Å². The number of allylic oxidation sites excluding steroid dienone is 1. The number of rotatable bonds is 7. The molecule has 0 aliphatic carbocycles. The molecular formula is C26H37N5O. The summed E-state index contributed by atoms with van der Waals surface area (Å²) in [6, 6.07) is 15.6. The first kappa shape index (κ1) is 25.1. The summed E-state index contributed by atoms with van der Waals surface area (Å²) in [4.78, 5) is 4.45. The Morgan fingerprint density at radius 2 is 1.59 bits per heavy atom. The van der Waals surface area contributed by atoms with E-state index < -0.39 is 0 Å². The molecular weight excluding hydrogens is 398 g/mol. The van der Waals surface area contributed by atoms with Gasteiger partial charge in [-0.1, -0.05) is 64.1 Å². The molecule has 0 aromatic heterocycles. The zero-order valence-electron chi connectivity index (χ0n) is 19.7. The number of nitrogens with two attached hydrogens (primary N) is 1. The van der Waals surface area contributed by atoms with Crippen molar-refractivity contribution in [2.24, 2.45) is 5.73 Å². The first-order valence-electron chi connectivity index (χ1n) is 11.3. The van der Waals surface area contributed by atoms with Crippen LogP contribution in [0.1, 0.15) is 50.3 Å². The van der Waals surface area contributed by atoms with Crippen LogP contribution in [0.15, 0.2) is 60.3 Å². The van der Waals surface area contributed by atoms with Gasteiger partial charge in [-0.2, -0.15) is 0 Å². The van der Waals surface area contributed by atoms with Crippen LogP contribution in [0.2, 0.25) is 0 Å².